The minimum atomic E-state index is -3.65. The first kappa shape index (κ1) is 21.3. The molecule has 2 aliphatic rings. The van der Waals surface area contributed by atoms with Gasteiger partial charge >= 0.3 is 0 Å². The summed E-state index contributed by atoms with van der Waals surface area (Å²) in [5.74, 6) is 0.135. The number of thioether (sulfide) groups is 1. The summed E-state index contributed by atoms with van der Waals surface area (Å²) in [4.78, 5) is 14.0. The predicted octanol–water partition coefficient (Wildman–Crippen LogP) is 4.36. The normalized spacial score (nSPS) is 22.3. The van der Waals surface area contributed by atoms with Gasteiger partial charge in [-0.25, -0.2) is 12.8 Å². The van der Waals surface area contributed by atoms with Gasteiger partial charge in [0.25, 0.3) is 5.91 Å². The number of fused-ring (bicyclic) bond motifs is 1. The molecule has 0 radical (unpaired) electrons. The van der Waals surface area contributed by atoms with Gasteiger partial charge in [-0.15, -0.1) is 11.8 Å². The van der Waals surface area contributed by atoms with E-state index in [0.717, 1.165) is 35.5 Å². The Morgan fingerprint density at radius 2 is 2.00 bits per heavy atom. The lowest BCUT2D eigenvalue weighted by molar-refractivity contribution is 0.0934. The molecule has 2 aliphatic heterocycles. The van der Waals surface area contributed by atoms with Crippen LogP contribution < -0.4 is 5.32 Å². The first-order valence-corrected chi connectivity index (χ1v) is 12.6. The fraction of sp³-hybridized carbons (Fsp3) is 0.409. The minimum Gasteiger partial charge on any atom is -0.345 e. The van der Waals surface area contributed by atoms with E-state index in [2.05, 4.69) is 5.32 Å². The van der Waals surface area contributed by atoms with Crippen molar-refractivity contribution in [1.82, 2.24) is 9.62 Å². The predicted molar refractivity (Wildman–Crippen MR) is 116 cm³/mol. The third-order valence-corrected chi connectivity index (χ3v) is 8.89. The number of rotatable bonds is 4. The molecule has 2 atom stereocenters. The number of sulfonamides is 1. The lowest BCUT2D eigenvalue weighted by atomic mass is 10.0. The molecule has 2 aromatic rings. The summed E-state index contributed by atoms with van der Waals surface area (Å²) < 4.78 is 41.5. The van der Waals surface area contributed by atoms with Crippen LogP contribution in [-0.4, -0.2) is 37.0 Å². The highest BCUT2D eigenvalue weighted by molar-refractivity contribution is 7.99. The van der Waals surface area contributed by atoms with Crippen LogP contribution in [0, 0.1) is 5.82 Å². The smallest absolute Gasteiger partial charge is 0.251 e. The van der Waals surface area contributed by atoms with Crippen LogP contribution in [0.2, 0.25) is 0 Å². The number of nitrogens with zero attached hydrogens (tertiary/aromatic N) is 1. The van der Waals surface area contributed by atoms with E-state index in [0.29, 0.717) is 13.0 Å². The molecule has 160 valence electrons. The standard InChI is InChI=1S/C22H25FN2O3S2/c1-15-5-2-3-11-25(15)30(27,28)18-7-4-6-16(13-18)22(26)24-20-10-12-29-21-9-8-17(23)14-19(20)21/h4,6-9,13-15,20H,2-3,5,10-12H2,1H3,(H,24,26). The average Bonchev–Trinajstić information content (AvgIpc) is 2.74. The van der Waals surface area contributed by atoms with E-state index in [-0.39, 0.29) is 34.3 Å². The molecule has 1 N–H and O–H groups in total. The maximum absolute atomic E-state index is 13.7. The van der Waals surface area contributed by atoms with Gasteiger partial charge in [0, 0.05) is 28.8 Å². The first-order valence-electron chi connectivity index (χ1n) is 10.2. The molecule has 2 aromatic carbocycles. The van der Waals surface area contributed by atoms with Crippen molar-refractivity contribution in [3.05, 3.63) is 59.4 Å². The van der Waals surface area contributed by atoms with Crippen molar-refractivity contribution >= 4 is 27.7 Å². The Labute approximate surface area is 181 Å². The van der Waals surface area contributed by atoms with Gasteiger partial charge in [-0.05, 0) is 68.1 Å². The van der Waals surface area contributed by atoms with Crippen LogP contribution in [0.4, 0.5) is 4.39 Å². The van der Waals surface area contributed by atoms with Crippen molar-refractivity contribution in [3.63, 3.8) is 0 Å². The Bertz CT molecular complexity index is 1060. The zero-order valence-corrected chi connectivity index (χ0v) is 18.4. The van der Waals surface area contributed by atoms with Gasteiger partial charge in [0.1, 0.15) is 5.82 Å². The number of carbonyl (C=O) groups excluding carboxylic acids is 1. The van der Waals surface area contributed by atoms with Gasteiger partial charge in [0.05, 0.1) is 10.9 Å². The summed E-state index contributed by atoms with van der Waals surface area (Å²) in [6.45, 7) is 2.42. The number of hydrogen-bond donors (Lipinski definition) is 1. The van der Waals surface area contributed by atoms with Crippen LogP contribution >= 0.6 is 11.8 Å². The van der Waals surface area contributed by atoms with Crippen LogP contribution in [0.5, 0.6) is 0 Å². The highest BCUT2D eigenvalue weighted by Crippen LogP contribution is 2.36. The van der Waals surface area contributed by atoms with Gasteiger partial charge in [-0.1, -0.05) is 12.5 Å². The van der Waals surface area contributed by atoms with Crippen LogP contribution in [0.15, 0.2) is 52.3 Å². The molecule has 5 nitrogen and oxygen atoms in total. The summed E-state index contributed by atoms with van der Waals surface area (Å²) in [6.07, 6.45) is 3.40. The average molecular weight is 449 g/mol. The van der Waals surface area contributed by atoms with Crippen molar-refractivity contribution in [2.45, 2.75) is 54.5 Å². The molecule has 0 bridgehead atoms. The number of carbonyl (C=O) groups is 1. The highest BCUT2D eigenvalue weighted by atomic mass is 32.2. The van der Waals surface area contributed by atoms with Gasteiger partial charge in [0.15, 0.2) is 0 Å². The Hall–Kier alpha value is -1.90. The Kier molecular flexibility index (Phi) is 6.18. The molecule has 2 unspecified atom stereocenters. The molecule has 0 aromatic heterocycles. The van der Waals surface area contributed by atoms with E-state index in [9.17, 15) is 17.6 Å². The number of hydrogen-bond acceptors (Lipinski definition) is 4. The molecule has 0 saturated carbocycles. The van der Waals surface area contributed by atoms with E-state index in [1.165, 1.54) is 28.6 Å². The van der Waals surface area contributed by atoms with E-state index in [4.69, 9.17) is 0 Å². The van der Waals surface area contributed by atoms with Gasteiger partial charge in [-0.3, -0.25) is 4.79 Å². The maximum atomic E-state index is 13.7. The number of piperidine rings is 1. The molecule has 0 spiro atoms. The summed E-state index contributed by atoms with van der Waals surface area (Å²) >= 11 is 1.64. The fourth-order valence-corrected chi connectivity index (χ4v) is 6.97. The highest BCUT2D eigenvalue weighted by Gasteiger charge is 2.31. The van der Waals surface area contributed by atoms with Crippen molar-refractivity contribution < 1.29 is 17.6 Å². The van der Waals surface area contributed by atoms with Crippen LogP contribution in [0.1, 0.15) is 54.6 Å². The molecule has 0 aliphatic carbocycles. The molecule has 1 fully saturated rings. The van der Waals surface area contributed by atoms with Gasteiger partial charge in [-0.2, -0.15) is 4.31 Å². The van der Waals surface area contributed by atoms with Crippen molar-refractivity contribution in [1.29, 1.82) is 0 Å². The number of amides is 1. The van der Waals surface area contributed by atoms with Crippen LogP contribution in [-0.2, 0) is 10.0 Å². The molecule has 4 rings (SSSR count). The molecule has 1 amide bonds. The lowest BCUT2D eigenvalue weighted by Gasteiger charge is -2.32. The van der Waals surface area contributed by atoms with Crippen LogP contribution in [0.25, 0.3) is 0 Å². The van der Waals surface area contributed by atoms with E-state index in [1.807, 2.05) is 6.92 Å². The molecule has 1 saturated heterocycles. The van der Waals surface area contributed by atoms with Crippen LogP contribution in [0.3, 0.4) is 0 Å². The summed E-state index contributed by atoms with van der Waals surface area (Å²) in [5.41, 5.74) is 1.06. The fourth-order valence-electron chi connectivity index (χ4n) is 4.12. The molecule has 8 heteroatoms. The molecule has 30 heavy (non-hydrogen) atoms. The minimum absolute atomic E-state index is 0.0487. The zero-order chi connectivity index (χ0) is 21.3. The Morgan fingerprint density at radius 3 is 2.80 bits per heavy atom. The SMILES string of the molecule is CC1CCCCN1S(=O)(=O)c1cccc(C(=O)NC2CCSc3ccc(F)cc32)c1. The zero-order valence-electron chi connectivity index (χ0n) is 16.8. The topological polar surface area (TPSA) is 66.5 Å². The summed E-state index contributed by atoms with van der Waals surface area (Å²) in [6, 6.07) is 10.5. The van der Waals surface area contributed by atoms with Crippen molar-refractivity contribution in [2.75, 3.05) is 12.3 Å². The Balaban J connectivity index is 1.56. The first-order chi connectivity index (χ1) is 14.4. The number of benzene rings is 2. The van der Waals surface area contributed by atoms with Gasteiger partial charge < -0.3 is 5.32 Å². The summed E-state index contributed by atoms with van der Waals surface area (Å²) in [7, 11) is -3.65. The monoisotopic (exact) mass is 448 g/mol. The third kappa shape index (κ3) is 4.26. The second-order valence-corrected chi connectivity index (χ2v) is 10.9. The number of halogens is 1. The Morgan fingerprint density at radius 1 is 1.17 bits per heavy atom. The quantitative estimate of drug-likeness (QED) is 0.755. The van der Waals surface area contributed by atoms with E-state index in [1.54, 1.807) is 30.0 Å². The third-order valence-electron chi connectivity index (χ3n) is 5.76. The molecular weight excluding hydrogens is 423 g/mol. The van der Waals surface area contributed by atoms with Crippen molar-refractivity contribution in [2.24, 2.45) is 0 Å². The van der Waals surface area contributed by atoms with Gasteiger partial charge in [0.2, 0.25) is 10.0 Å². The molecular formula is C22H25FN2O3S2. The maximum Gasteiger partial charge on any atom is 0.251 e. The lowest BCUT2D eigenvalue weighted by Crippen LogP contribution is -2.42. The number of nitrogens with one attached hydrogen (secondary N) is 1. The second kappa shape index (κ2) is 8.69. The molecule has 2 heterocycles. The van der Waals surface area contributed by atoms with E-state index < -0.39 is 10.0 Å². The van der Waals surface area contributed by atoms with E-state index >= 15 is 0 Å². The van der Waals surface area contributed by atoms with Crippen molar-refractivity contribution in [3.8, 4) is 0 Å². The summed E-state index contributed by atoms with van der Waals surface area (Å²) in [5, 5.41) is 2.96. The second-order valence-electron chi connectivity index (χ2n) is 7.83. The largest absolute Gasteiger partial charge is 0.345 e.